The number of nitrogens with zero attached hydrogens (tertiary/aromatic N) is 1. The topological polar surface area (TPSA) is 68.0 Å². The number of rotatable bonds is 12. The van der Waals surface area contributed by atoms with Crippen LogP contribution in [0.4, 0.5) is 0 Å². The van der Waals surface area contributed by atoms with E-state index in [0.29, 0.717) is 13.2 Å². The second kappa shape index (κ2) is 11.1. The average Bonchev–Trinajstić information content (AvgIpc) is 3.23. The van der Waals surface area contributed by atoms with Crippen LogP contribution in [0.15, 0.2) is 27.8 Å². The van der Waals surface area contributed by atoms with Crippen molar-refractivity contribution in [1.29, 1.82) is 0 Å². The summed E-state index contributed by atoms with van der Waals surface area (Å²) in [6.45, 7) is 7.26. The van der Waals surface area contributed by atoms with Gasteiger partial charge in [-0.3, -0.25) is 4.99 Å². The highest BCUT2D eigenvalue weighted by Crippen LogP contribution is 2.28. The van der Waals surface area contributed by atoms with Crippen molar-refractivity contribution < 1.29 is 13.9 Å². The SMILES string of the molecule is CCNC(=NCCCOCc1ccco1)NCCOCC1CC1. The Kier molecular flexibility index (Phi) is 8.58. The zero-order chi connectivity index (χ0) is 16.2. The third-order valence-corrected chi connectivity index (χ3v) is 3.47. The Morgan fingerprint density at radius 2 is 2.22 bits per heavy atom. The number of hydrogen-bond acceptors (Lipinski definition) is 4. The number of aliphatic imine (C=N–C) groups is 1. The van der Waals surface area contributed by atoms with Gasteiger partial charge in [0.25, 0.3) is 0 Å². The van der Waals surface area contributed by atoms with Gasteiger partial charge in [0.2, 0.25) is 0 Å². The van der Waals surface area contributed by atoms with Gasteiger partial charge < -0.3 is 24.5 Å². The van der Waals surface area contributed by atoms with E-state index in [2.05, 4.69) is 22.5 Å². The van der Waals surface area contributed by atoms with E-state index < -0.39 is 0 Å². The minimum atomic E-state index is 0.521. The molecule has 6 heteroatoms. The molecule has 1 heterocycles. The van der Waals surface area contributed by atoms with E-state index in [-0.39, 0.29) is 0 Å². The molecule has 23 heavy (non-hydrogen) atoms. The maximum Gasteiger partial charge on any atom is 0.191 e. The van der Waals surface area contributed by atoms with Crippen LogP contribution in [0, 0.1) is 5.92 Å². The first kappa shape index (κ1) is 17.8. The van der Waals surface area contributed by atoms with Crippen LogP contribution in [-0.4, -0.2) is 45.4 Å². The van der Waals surface area contributed by atoms with E-state index in [4.69, 9.17) is 13.9 Å². The summed E-state index contributed by atoms with van der Waals surface area (Å²) in [6, 6.07) is 3.78. The minimum absolute atomic E-state index is 0.521. The lowest BCUT2D eigenvalue weighted by Crippen LogP contribution is -2.39. The molecule has 130 valence electrons. The normalized spacial score (nSPS) is 14.9. The minimum Gasteiger partial charge on any atom is -0.467 e. The zero-order valence-electron chi connectivity index (χ0n) is 14.1. The van der Waals surface area contributed by atoms with Crippen LogP contribution in [0.1, 0.15) is 31.9 Å². The first-order valence-corrected chi connectivity index (χ1v) is 8.58. The lowest BCUT2D eigenvalue weighted by molar-refractivity contribution is 0.105. The summed E-state index contributed by atoms with van der Waals surface area (Å²) in [7, 11) is 0. The second-order valence-electron chi connectivity index (χ2n) is 5.69. The van der Waals surface area contributed by atoms with Crippen LogP contribution in [0.3, 0.4) is 0 Å². The van der Waals surface area contributed by atoms with Crippen LogP contribution in [0.25, 0.3) is 0 Å². The first-order chi connectivity index (χ1) is 11.4. The van der Waals surface area contributed by atoms with Crippen molar-refractivity contribution in [3.8, 4) is 0 Å². The Hall–Kier alpha value is -1.53. The Labute approximate surface area is 138 Å². The Bertz CT molecular complexity index is 430. The summed E-state index contributed by atoms with van der Waals surface area (Å²) in [5, 5.41) is 6.52. The molecule has 0 saturated heterocycles. The fraction of sp³-hybridized carbons (Fsp3) is 0.706. The molecule has 1 fully saturated rings. The maximum absolute atomic E-state index is 5.60. The molecule has 0 aliphatic heterocycles. The van der Waals surface area contributed by atoms with E-state index >= 15 is 0 Å². The summed E-state index contributed by atoms with van der Waals surface area (Å²) < 4.78 is 16.4. The average molecular weight is 323 g/mol. The summed E-state index contributed by atoms with van der Waals surface area (Å²) >= 11 is 0. The zero-order valence-corrected chi connectivity index (χ0v) is 14.1. The molecule has 6 nitrogen and oxygen atoms in total. The van der Waals surface area contributed by atoms with Gasteiger partial charge in [0.05, 0.1) is 12.9 Å². The van der Waals surface area contributed by atoms with Gasteiger partial charge in [-0.1, -0.05) is 0 Å². The van der Waals surface area contributed by atoms with Crippen LogP contribution < -0.4 is 10.6 Å². The number of furan rings is 1. The van der Waals surface area contributed by atoms with Gasteiger partial charge in [0, 0.05) is 32.8 Å². The van der Waals surface area contributed by atoms with E-state index in [9.17, 15) is 0 Å². The molecule has 2 N–H and O–H groups in total. The van der Waals surface area contributed by atoms with Crippen molar-refractivity contribution in [2.24, 2.45) is 10.9 Å². The predicted octanol–water partition coefficient (Wildman–Crippen LogP) is 2.17. The van der Waals surface area contributed by atoms with E-state index in [1.54, 1.807) is 6.26 Å². The monoisotopic (exact) mass is 323 g/mol. The number of nitrogens with one attached hydrogen (secondary N) is 2. The van der Waals surface area contributed by atoms with Crippen molar-refractivity contribution in [3.05, 3.63) is 24.2 Å². The maximum atomic E-state index is 5.60. The molecule has 1 aromatic rings. The van der Waals surface area contributed by atoms with Crippen molar-refractivity contribution in [2.45, 2.75) is 32.8 Å². The lowest BCUT2D eigenvalue weighted by atomic mass is 10.4. The Morgan fingerprint density at radius 3 is 2.96 bits per heavy atom. The molecule has 0 amide bonds. The summed E-state index contributed by atoms with van der Waals surface area (Å²) in [5.41, 5.74) is 0. The number of hydrogen-bond donors (Lipinski definition) is 2. The van der Waals surface area contributed by atoms with Crippen molar-refractivity contribution >= 4 is 5.96 Å². The lowest BCUT2D eigenvalue weighted by Gasteiger charge is -2.11. The molecule has 0 spiro atoms. The fourth-order valence-corrected chi connectivity index (χ4v) is 2.04. The Morgan fingerprint density at radius 1 is 1.30 bits per heavy atom. The molecule has 0 bridgehead atoms. The van der Waals surface area contributed by atoms with Gasteiger partial charge in [0.1, 0.15) is 12.4 Å². The van der Waals surface area contributed by atoms with Crippen molar-refractivity contribution in [1.82, 2.24) is 10.6 Å². The van der Waals surface area contributed by atoms with E-state index in [1.165, 1.54) is 12.8 Å². The van der Waals surface area contributed by atoms with Crippen LogP contribution >= 0.6 is 0 Å². The van der Waals surface area contributed by atoms with Gasteiger partial charge in [0.15, 0.2) is 5.96 Å². The van der Waals surface area contributed by atoms with Crippen LogP contribution in [-0.2, 0) is 16.1 Å². The summed E-state index contributed by atoms with van der Waals surface area (Å²) in [5.74, 6) is 2.52. The van der Waals surface area contributed by atoms with E-state index in [1.807, 2.05) is 12.1 Å². The molecule has 0 atom stereocenters. The molecular formula is C17H29N3O3. The standard InChI is InChI=1S/C17H29N3O3/c1-2-18-17(20-9-12-22-13-15-6-7-15)19-8-4-10-21-14-16-5-3-11-23-16/h3,5,11,15H,2,4,6-10,12-14H2,1H3,(H2,18,19,20). The number of guanidine groups is 1. The van der Waals surface area contributed by atoms with Gasteiger partial charge in [-0.2, -0.15) is 0 Å². The highest BCUT2D eigenvalue weighted by Gasteiger charge is 2.20. The third-order valence-electron chi connectivity index (χ3n) is 3.47. The predicted molar refractivity (Wildman–Crippen MR) is 90.5 cm³/mol. The van der Waals surface area contributed by atoms with Gasteiger partial charge in [-0.25, -0.2) is 0 Å². The summed E-state index contributed by atoms with van der Waals surface area (Å²) in [6.07, 6.45) is 5.21. The fourth-order valence-electron chi connectivity index (χ4n) is 2.04. The smallest absolute Gasteiger partial charge is 0.191 e. The summed E-state index contributed by atoms with van der Waals surface area (Å²) in [4.78, 5) is 4.53. The van der Waals surface area contributed by atoms with Crippen molar-refractivity contribution in [3.63, 3.8) is 0 Å². The molecule has 0 unspecified atom stereocenters. The van der Waals surface area contributed by atoms with Crippen molar-refractivity contribution in [2.75, 3.05) is 39.5 Å². The van der Waals surface area contributed by atoms with Gasteiger partial charge in [-0.15, -0.1) is 0 Å². The third kappa shape index (κ3) is 8.62. The molecular weight excluding hydrogens is 294 g/mol. The highest BCUT2D eigenvalue weighted by molar-refractivity contribution is 5.79. The molecule has 0 radical (unpaired) electrons. The van der Waals surface area contributed by atoms with E-state index in [0.717, 1.165) is 56.9 Å². The quantitative estimate of drug-likeness (QED) is 0.350. The largest absolute Gasteiger partial charge is 0.467 e. The molecule has 1 saturated carbocycles. The van der Waals surface area contributed by atoms with Crippen LogP contribution in [0.2, 0.25) is 0 Å². The molecule has 0 aromatic carbocycles. The van der Waals surface area contributed by atoms with Gasteiger partial charge >= 0.3 is 0 Å². The Balaban J connectivity index is 1.49. The van der Waals surface area contributed by atoms with Crippen LogP contribution in [0.5, 0.6) is 0 Å². The number of ether oxygens (including phenoxy) is 2. The molecule has 2 rings (SSSR count). The van der Waals surface area contributed by atoms with Gasteiger partial charge in [-0.05, 0) is 44.2 Å². The second-order valence-corrected chi connectivity index (χ2v) is 5.69. The first-order valence-electron chi connectivity index (χ1n) is 8.58. The highest BCUT2D eigenvalue weighted by atomic mass is 16.5. The molecule has 1 aromatic heterocycles. The molecule has 1 aliphatic rings. The molecule has 1 aliphatic carbocycles.